The lowest BCUT2D eigenvalue weighted by atomic mass is 10.4. The van der Waals surface area contributed by atoms with Gasteiger partial charge >= 0.3 is 0 Å². The number of anilines is 1. The van der Waals surface area contributed by atoms with Gasteiger partial charge in [-0.05, 0) is 27.4 Å². The smallest absolute Gasteiger partial charge is 0.223 e. The second-order valence-corrected chi connectivity index (χ2v) is 3.72. The van der Waals surface area contributed by atoms with Crippen LogP contribution in [0.1, 0.15) is 12.0 Å². The Balaban J connectivity index is 2.40. The molecule has 0 spiro atoms. The Labute approximate surface area is 90.3 Å². The summed E-state index contributed by atoms with van der Waals surface area (Å²) >= 11 is 0. The fourth-order valence-corrected chi connectivity index (χ4v) is 1.13. The Kier molecular flexibility index (Phi) is 4.30. The van der Waals surface area contributed by atoms with E-state index >= 15 is 0 Å². The van der Waals surface area contributed by atoms with Crippen molar-refractivity contribution in [2.75, 3.05) is 33.0 Å². The third-order valence-corrected chi connectivity index (χ3v) is 1.93. The van der Waals surface area contributed by atoms with Crippen LogP contribution < -0.4 is 10.5 Å². The van der Waals surface area contributed by atoms with Gasteiger partial charge in [0, 0.05) is 18.3 Å². The maximum absolute atomic E-state index is 5.51. The van der Waals surface area contributed by atoms with Crippen molar-refractivity contribution >= 4 is 5.95 Å². The molecule has 2 N–H and O–H groups in total. The molecule has 84 valence electrons. The number of rotatable bonds is 5. The van der Waals surface area contributed by atoms with Crippen molar-refractivity contribution in [2.45, 2.75) is 13.3 Å². The molecular formula is C10H18N4O. The van der Waals surface area contributed by atoms with Crippen LogP contribution in [0.2, 0.25) is 0 Å². The molecule has 0 aliphatic heterocycles. The van der Waals surface area contributed by atoms with E-state index in [1.165, 1.54) is 0 Å². The third-order valence-electron chi connectivity index (χ3n) is 1.93. The van der Waals surface area contributed by atoms with Crippen LogP contribution in [0.15, 0.2) is 6.20 Å². The standard InChI is InChI=1S/C10H18N4O/c1-8-7-12-10(11)13-9(8)15-6-4-5-14(2)3/h7H,4-6H2,1-3H3,(H2,11,12,13). The Morgan fingerprint density at radius 1 is 1.47 bits per heavy atom. The first-order valence-corrected chi connectivity index (χ1v) is 4.96. The molecule has 0 aliphatic carbocycles. The lowest BCUT2D eigenvalue weighted by Gasteiger charge is -2.10. The Bertz CT molecular complexity index is 314. The van der Waals surface area contributed by atoms with Crippen LogP contribution in [0.5, 0.6) is 5.88 Å². The monoisotopic (exact) mass is 210 g/mol. The molecule has 1 aromatic rings. The van der Waals surface area contributed by atoms with Crippen LogP contribution in [-0.2, 0) is 0 Å². The summed E-state index contributed by atoms with van der Waals surface area (Å²) in [7, 11) is 4.07. The van der Waals surface area contributed by atoms with Gasteiger partial charge in [0.15, 0.2) is 0 Å². The minimum Gasteiger partial charge on any atom is -0.477 e. The van der Waals surface area contributed by atoms with Gasteiger partial charge in [-0.1, -0.05) is 0 Å². The molecule has 0 saturated heterocycles. The highest BCUT2D eigenvalue weighted by atomic mass is 16.5. The molecular weight excluding hydrogens is 192 g/mol. The van der Waals surface area contributed by atoms with Crippen LogP contribution in [0.3, 0.4) is 0 Å². The maximum Gasteiger partial charge on any atom is 0.223 e. The van der Waals surface area contributed by atoms with Crippen LogP contribution in [-0.4, -0.2) is 42.1 Å². The zero-order valence-corrected chi connectivity index (χ0v) is 9.53. The second-order valence-electron chi connectivity index (χ2n) is 3.72. The van der Waals surface area contributed by atoms with E-state index in [1.807, 2.05) is 21.0 Å². The van der Waals surface area contributed by atoms with Crippen molar-refractivity contribution in [1.29, 1.82) is 0 Å². The Morgan fingerprint density at radius 3 is 2.87 bits per heavy atom. The molecule has 0 saturated carbocycles. The fourth-order valence-electron chi connectivity index (χ4n) is 1.13. The van der Waals surface area contributed by atoms with Gasteiger partial charge in [-0.2, -0.15) is 4.98 Å². The molecule has 0 unspecified atom stereocenters. The van der Waals surface area contributed by atoms with Crippen molar-refractivity contribution in [3.05, 3.63) is 11.8 Å². The first-order chi connectivity index (χ1) is 7.09. The van der Waals surface area contributed by atoms with Gasteiger partial charge in [0.05, 0.1) is 6.61 Å². The second kappa shape index (κ2) is 5.50. The van der Waals surface area contributed by atoms with Gasteiger partial charge in [-0.15, -0.1) is 0 Å². The largest absolute Gasteiger partial charge is 0.477 e. The number of aryl methyl sites for hydroxylation is 1. The molecule has 0 atom stereocenters. The highest BCUT2D eigenvalue weighted by Crippen LogP contribution is 2.13. The van der Waals surface area contributed by atoms with Gasteiger partial charge in [0.1, 0.15) is 0 Å². The first kappa shape index (κ1) is 11.7. The van der Waals surface area contributed by atoms with Crippen LogP contribution in [0.25, 0.3) is 0 Å². The van der Waals surface area contributed by atoms with E-state index in [4.69, 9.17) is 10.5 Å². The van der Waals surface area contributed by atoms with Crippen molar-refractivity contribution in [1.82, 2.24) is 14.9 Å². The average Bonchev–Trinajstić information content (AvgIpc) is 2.17. The van der Waals surface area contributed by atoms with Crippen molar-refractivity contribution in [3.63, 3.8) is 0 Å². The molecule has 5 heteroatoms. The van der Waals surface area contributed by atoms with E-state index < -0.39 is 0 Å². The van der Waals surface area contributed by atoms with Crippen molar-refractivity contribution in [2.24, 2.45) is 0 Å². The highest BCUT2D eigenvalue weighted by Gasteiger charge is 2.02. The van der Waals surface area contributed by atoms with E-state index in [-0.39, 0.29) is 5.95 Å². The summed E-state index contributed by atoms with van der Waals surface area (Å²) in [5.74, 6) is 0.837. The number of nitrogens with zero attached hydrogens (tertiary/aromatic N) is 3. The molecule has 0 bridgehead atoms. The normalized spacial score (nSPS) is 10.7. The number of hydrogen-bond donors (Lipinski definition) is 1. The summed E-state index contributed by atoms with van der Waals surface area (Å²) in [5.41, 5.74) is 6.38. The first-order valence-electron chi connectivity index (χ1n) is 4.96. The predicted molar refractivity (Wildman–Crippen MR) is 59.8 cm³/mol. The molecule has 0 aromatic carbocycles. The molecule has 0 aliphatic rings. The zero-order chi connectivity index (χ0) is 11.3. The number of nitrogen functional groups attached to an aromatic ring is 1. The predicted octanol–water partition coefficient (Wildman–Crippen LogP) is 0.698. The maximum atomic E-state index is 5.51. The lowest BCUT2D eigenvalue weighted by Crippen LogP contribution is -2.16. The summed E-state index contributed by atoms with van der Waals surface area (Å²) in [5, 5.41) is 0. The molecule has 5 nitrogen and oxygen atoms in total. The van der Waals surface area contributed by atoms with E-state index in [0.717, 1.165) is 18.5 Å². The summed E-state index contributed by atoms with van der Waals surface area (Å²) in [6, 6.07) is 0. The minimum absolute atomic E-state index is 0.253. The van der Waals surface area contributed by atoms with E-state index in [0.29, 0.717) is 12.5 Å². The van der Waals surface area contributed by atoms with Crippen molar-refractivity contribution in [3.8, 4) is 5.88 Å². The molecule has 1 rings (SSSR count). The molecule has 0 amide bonds. The van der Waals surface area contributed by atoms with Crippen molar-refractivity contribution < 1.29 is 4.74 Å². The molecule has 0 radical (unpaired) electrons. The molecule has 15 heavy (non-hydrogen) atoms. The number of ether oxygens (including phenoxy) is 1. The summed E-state index contributed by atoms with van der Waals surface area (Å²) in [6.07, 6.45) is 2.64. The summed E-state index contributed by atoms with van der Waals surface area (Å²) in [6.45, 7) is 3.55. The van der Waals surface area contributed by atoms with Gasteiger partial charge in [-0.25, -0.2) is 4.98 Å². The molecule has 0 fully saturated rings. The topological polar surface area (TPSA) is 64.3 Å². The molecule has 1 aromatic heterocycles. The van der Waals surface area contributed by atoms with Gasteiger partial charge in [-0.3, -0.25) is 0 Å². The van der Waals surface area contributed by atoms with E-state index in [2.05, 4.69) is 14.9 Å². The Hall–Kier alpha value is -1.36. The average molecular weight is 210 g/mol. The number of aromatic nitrogens is 2. The SMILES string of the molecule is Cc1cnc(N)nc1OCCCN(C)C. The van der Waals surface area contributed by atoms with Gasteiger partial charge in [0.2, 0.25) is 11.8 Å². The van der Waals surface area contributed by atoms with Gasteiger partial charge < -0.3 is 15.4 Å². The Morgan fingerprint density at radius 2 is 2.20 bits per heavy atom. The summed E-state index contributed by atoms with van der Waals surface area (Å²) in [4.78, 5) is 10.0. The molecule has 1 heterocycles. The van der Waals surface area contributed by atoms with Crippen LogP contribution in [0.4, 0.5) is 5.95 Å². The number of hydrogen-bond acceptors (Lipinski definition) is 5. The quantitative estimate of drug-likeness (QED) is 0.725. The van der Waals surface area contributed by atoms with E-state index in [9.17, 15) is 0 Å². The summed E-state index contributed by atoms with van der Waals surface area (Å²) < 4.78 is 5.51. The van der Waals surface area contributed by atoms with Crippen LogP contribution >= 0.6 is 0 Å². The number of nitrogens with two attached hydrogens (primary N) is 1. The minimum atomic E-state index is 0.253. The fraction of sp³-hybridized carbons (Fsp3) is 0.600. The highest BCUT2D eigenvalue weighted by molar-refractivity contribution is 5.28. The third kappa shape index (κ3) is 4.12. The van der Waals surface area contributed by atoms with Crippen LogP contribution in [0, 0.1) is 6.92 Å². The zero-order valence-electron chi connectivity index (χ0n) is 9.53. The van der Waals surface area contributed by atoms with Gasteiger partial charge in [0.25, 0.3) is 0 Å². The lowest BCUT2D eigenvalue weighted by molar-refractivity contribution is 0.271. The van der Waals surface area contributed by atoms with E-state index in [1.54, 1.807) is 6.20 Å².